The summed E-state index contributed by atoms with van der Waals surface area (Å²) in [6, 6.07) is 9.25. The maximum atomic E-state index is 6.14. The van der Waals surface area contributed by atoms with Crippen LogP contribution in [0.25, 0.3) is 11.1 Å². The van der Waals surface area contributed by atoms with Crippen LogP contribution in [0.1, 0.15) is 17.0 Å². The number of rotatable bonds is 3. The van der Waals surface area contributed by atoms with Crippen LogP contribution in [-0.4, -0.2) is 4.98 Å². The Balaban J connectivity index is 1.82. The normalized spacial score (nSPS) is 11.0. The van der Waals surface area contributed by atoms with Crippen molar-refractivity contribution >= 4 is 28.4 Å². The summed E-state index contributed by atoms with van der Waals surface area (Å²) in [5.41, 5.74) is 9.74. The van der Waals surface area contributed by atoms with Gasteiger partial charge in [-0.25, -0.2) is 4.98 Å². The van der Waals surface area contributed by atoms with Crippen molar-refractivity contribution in [1.82, 2.24) is 4.98 Å². The second-order valence-electron chi connectivity index (χ2n) is 4.96. The van der Waals surface area contributed by atoms with Crippen molar-refractivity contribution in [3.63, 3.8) is 0 Å². The first-order valence-electron chi connectivity index (χ1n) is 6.58. The molecule has 0 fully saturated rings. The number of anilines is 1. The minimum absolute atomic E-state index is 0.245. The third kappa shape index (κ3) is 2.67. The molecule has 2 N–H and O–H groups in total. The molecule has 1 heterocycles. The maximum absolute atomic E-state index is 6.14. The number of hydrogen-bond donors (Lipinski definition) is 1. The van der Waals surface area contributed by atoms with Crippen LogP contribution in [0.2, 0.25) is 5.02 Å². The van der Waals surface area contributed by atoms with Gasteiger partial charge in [-0.15, -0.1) is 0 Å². The van der Waals surface area contributed by atoms with Gasteiger partial charge in [0.15, 0.2) is 12.2 Å². The lowest BCUT2D eigenvalue weighted by molar-refractivity contribution is 0.267. The third-order valence-corrected chi connectivity index (χ3v) is 3.86. The fourth-order valence-corrected chi connectivity index (χ4v) is 2.32. The van der Waals surface area contributed by atoms with Gasteiger partial charge in [0.25, 0.3) is 0 Å². The first-order chi connectivity index (χ1) is 10.0. The van der Waals surface area contributed by atoms with E-state index in [1.165, 1.54) is 0 Å². The molecule has 1 aromatic heterocycles. The van der Waals surface area contributed by atoms with Gasteiger partial charge < -0.3 is 14.9 Å². The van der Waals surface area contributed by atoms with Gasteiger partial charge in [0, 0.05) is 5.02 Å². The number of para-hydroxylation sites is 1. The summed E-state index contributed by atoms with van der Waals surface area (Å²) in [5, 5.41) is 0.761. The van der Waals surface area contributed by atoms with E-state index in [2.05, 4.69) is 4.98 Å². The number of nitrogens with two attached hydrogens (primary N) is 1. The Hall–Kier alpha value is -2.20. The van der Waals surface area contributed by atoms with Gasteiger partial charge in [-0.1, -0.05) is 17.7 Å². The average molecular weight is 303 g/mol. The molecule has 21 heavy (non-hydrogen) atoms. The minimum Gasteiger partial charge on any atom is -0.484 e. The quantitative estimate of drug-likeness (QED) is 0.734. The second-order valence-corrected chi connectivity index (χ2v) is 5.34. The molecule has 108 valence electrons. The fourth-order valence-electron chi connectivity index (χ4n) is 2.21. The molecular formula is C16H15ClN2O2. The number of aromatic nitrogens is 1. The molecule has 2 aromatic carbocycles. The van der Waals surface area contributed by atoms with E-state index in [-0.39, 0.29) is 6.61 Å². The van der Waals surface area contributed by atoms with Crippen molar-refractivity contribution in [2.45, 2.75) is 20.5 Å². The van der Waals surface area contributed by atoms with E-state index < -0.39 is 0 Å². The van der Waals surface area contributed by atoms with Gasteiger partial charge in [0.1, 0.15) is 11.3 Å². The lowest BCUT2D eigenvalue weighted by Gasteiger charge is -2.08. The Morgan fingerprint density at radius 3 is 2.62 bits per heavy atom. The predicted octanol–water partition coefficient (Wildman–Crippen LogP) is 4.26. The summed E-state index contributed by atoms with van der Waals surface area (Å²) in [5.74, 6) is 1.23. The molecule has 3 rings (SSSR count). The number of halogens is 1. The lowest BCUT2D eigenvalue weighted by Crippen LogP contribution is -1.97. The van der Waals surface area contributed by atoms with Crippen LogP contribution in [0, 0.1) is 13.8 Å². The Morgan fingerprint density at radius 2 is 1.95 bits per heavy atom. The molecule has 0 aliphatic carbocycles. The molecule has 0 unspecified atom stereocenters. The van der Waals surface area contributed by atoms with E-state index in [9.17, 15) is 0 Å². The van der Waals surface area contributed by atoms with Crippen LogP contribution in [0.5, 0.6) is 5.75 Å². The van der Waals surface area contributed by atoms with Gasteiger partial charge in [-0.05, 0) is 49.2 Å². The van der Waals surface area contributed by atoms with Crippen LogP contribution in [0.4, 0.5) is 5.69 Å². The molecule has 0 amide bonds. The number of oxazole rings is 1. The number of ether oxygens (including phenoxy) is 1. The first kappa shape index (κ1) is 13.8. The molecule has 0 atom stereocenters. The Morgan fingerprint density at radius 1 is 1.24 bits per heavy atom. The molecule has 0 radical (unpaired) electrons. The Bertz CT molecular complexity index is 788. The monoisotopic (exact) mass is 302 g/mol. The number of fused-ring (bicyclic) bond motifs is 1. The van der Waals surface area contributed by atoms with Crippen LogP contribution in [0.15, 0.2) is 34.7 Å². The van der Waals surface area contributed by atoms with Gasteiger partial charge >= 0.3 is 0 Å². The van der Waals surface area contributed by atoms with Crippen LogP contribution in [0.3, 0.4) is 0 Å². The van der Waals surface area contributed by atoms with Gasteiger partial charge in [0.05, 0.1) is 5.69 Å². The highest BCUT2D eigenvalue weighted by Gasteiger charge is 2.09. The molecule has 3 aromatic rings. The van der Waals surface area contributed by atoms with Crippen molar-refractivity contribution in [2.75, 3.05) is 5.73 Å². The van der Waals surface area contributed by atoms with Crippen LogP contribution in [-0.2, 0) is 6.61 Å². The van der Waals surface area contributed by atoms with E-state index in [0.717, 1.165) is 21.9 Å². The summed E-state index contributed by atoms with van der Waals surface area (Å²) >= 11 is 6.14. The maximum Gasteiger partial charge on any atom is 0.233 e. The Kier molecular flexibility index (Phi) is 3.47. The Labute approximate surface area is 127 Å². The summed E-state index contributed by atoms with van der Waals surface area (Å²) in [6.07, 6.45) is 0. The van der Waals surface area contributed by atoms with E-state index in [1.54, 1.807) is 6.07 Å². The van der Waals surface area contributed by atoms with Crippen molar-refractivity contribution in [3.05, 3.63) is 52.4 Å². The van der Waals surface area contributed by atoms with E-state index in [0.29, 0.717) is 22.7 Å². The molecule has 0 aliphatic heterocycles. The zero-order valence-corrected chi connectivity index (χ0v) is 12.6. The van der Waals surface area contributed by atoms with E-state index in [4.69, 9.17) is 26.5 Å². The van der Waals surface area contributed by atoms with Crippen molar-refractivity contribution < 1.29 is 9.15 Å². The molecule has 0 saturated heterocycles. The predicted molar refractivity (Wildman–Crippen MR) is 83.7 cm³/mol. The minimum atomic E-state index is 0.245. The summed E-state index contributed by atoms with van der Waals surface area (Å²) in [4.78, 5) is 4.35. The fraction of sp³-hybridized carbons (Fsp3) is 0.188. The standard InChI is InChI=1S/C16H15ClN2O2/c1-9-6-11(7-10(2)15(9)17)20-8-14-19-16-12(18)4-3-5-13(16)21-14/h3-7H,8,18H2,1-2H3. The van der Waals surface area contributed by atoms with E-state index in [1.807, 2.05) is 38.1 Å². The van der Waals surface area contributed by atoms with Gasteiger partial charge in [0.2, 0.25) is 5.89 Å². The summed E-state index contributed by atoms with van der Waals surface area (Å²) in [7, 11) is 0. The zero-order valence-electron chi connectivity index (χ0n) is 11.8. The largest absolute Gasteiger partial charge is 0.484 e. The first-order valence-corrected chi connectivity index (χ1v) is 6.96. The molecule has 0 aliphatic rings. The van der Waals surface area contributed by atoms with Crippen molar-refractivity contribution in [2.24, 2.45) is 0 Å². The van der Waals surface area contributed by atoms with Crippen LogP contribution < -0.4 is 10.5 Å². The average Bonchev–Trinajstić information content (AvgIpc) is 2.87. The van der Waals surface area contributed by atoms with Crippen LogP contribution >= 0.6 is 11.6 Å². The number of nitrogen functional groups attached to an aromatic ring is 1. The summed E-state index contributed by atoms with van der Waals surface area (Å²) < 4.78 is 11.3. The second kappa shape index (κ2) is 5.30. The lowest BCUT2D eigenvalue weighted by atomic mass is 10.1. The highest BCUT2D eigenvalue weighted by molar-refractivity contribution is 6.32. The number of aryl methyl sites for hydroxylation is 2. The molecule has 5 heteroatoms. The van der Waals surface area contributed by atoms with Crippen molar-refractivity contribution in [3.8, 4) is 5.75 Å². The molecule has 0 bridgehead atoms. The van der Waals surface area contributed by atoms with Crippen molar-refractivity contribution in [1.29, 1.82) is 0 Å². The highest BCUT2D eigenvalue weighted by Crippen LogP contribution is 2.27. The highest BCUT2D eigenvalue weighted by atomic mass is 35.5. The van der Waals surface area contributed by atoms with Gasteiger partial charge in [-0.2, -0.15) is 0 Å². The zero-order chi connectivity index (χ0) is 15.0. The third-order valence-electron chi connectivity index (χ3n) is 3.27. The smallest absolute Gasteiger partial charge is 0.233 e. The molecule has 0 spiro atoms. The van der Waals surface area contributed by atoms with Gasteiger partial charge in [-0.3, -0.25) is 0 Å². The number of nitrogens with zero attached hydrogens (tertiary/aromatic N) is 1. The molecular weight excluding hydrogens is 288 g/mol. The topological polar surface area (TPSA) is 61.3 Å². The summed E-state index contributed by atoms with van der Waals surface area (Å²) in [6.45, 7) is 4.14. The molecule has 0 saturated carbocycles. The molecule has 4 nitrogen and oxygen atoms in total. The SMILES string of the molecule is Cc1cc(OCc2nc3c(N)cccc3o2)cc(C)c1Cl. The van der Waals surface area contributed by atoms with E-state index >= 15 is 0 Å². The number of benzene rings is 2. The number of hydrogen-bond acceptors (Lipinski definition) is 4.